The van der Waals surface area contributed by atoms with Gasteiger partial charge in [0.05, 0.1) is 73.5 Å². The van der Waals surface area contributed by atoms with E-state index in [1.165, 1.54) is 23.5 Å². The number of ether oxygens (including phenoxy) is 5. The number of rotatable bonds is 19. The number of urea groups is 1. The lowest BCUT2D eigenvalue weighted by Gasteiger charge is -2.34. The Bertz CT molecular complexity index is 1770. The van der Waals surface area contributed by atoms with E-state index in [-0.39, 0.29) is 23.7 Å². The van der Waals surface area contributed by atoms with Crippen LogP contribution in [0.15, 0.2) is 54.9 Å². The van der Waals surface area contributed by atoms with Crippen LogP contribution < -0.4 is 15.4 Å². The summed E-state index contributed by atoms with van der Waals surface area (Å²) in [5.41, 5.74) is 2.96. The molecular weight excluding hydrogens is 692 g/mol. The summed E-state index contributed by atoms with van der Waals surface area (Å²) in [6.07, 6.45) is 5.80. The van der Waals surface area contributed by atoms with Crippen molar-refractivity contribution in [1.82, 2.24) is 25.1 Å². The van der Waals surface area contributed by atoms with Gasteiger partial charge in [0, 0.05) is 76.1 Å². The predicted octanol–water partition coefficient (Wildman–Crippen LogP) is 5.30. The van der Waals surface area contributed by atoms with E-state index in [4.69, 9.17) is 28.7 Å². The topological polar surface area (TPSA) is 137 Å². The lowest BCUT2D eigenvalue weighted by atomic mass is 10.2. The van der Waals surface area contributed by atoms with Crippen molar-refractivity contribution in [2.45, 2.75) is 31.8 Å². The van der Waals surface area contributed by atoms with Gasteiger partial charge in [0.15, 0.2) is 11.6 Å². The van der Waals surface area contributed by atoms with Gasteiger partial charge in [-0.25, -0.2) is 9.18 Å². The molecule has 4 aromatic rings. The van der Waals surface area contributed by atoms with E-state index in [1.54, 1.807) is 25.4 Å². The summed E-state index contributed by atoms with van der Waals surface area (Å²) in [7, 11) is 1.64. The van der Waals surface area contributed by atoms with Crippen molar-refractivity contribution >= 4 is 39.2 Å². The highest BCUT2D eigenvalue weighted by Gasteiger charge is 2.24. The van der Waals surface area contributed by atoms with E-state index < -0.39 is 5.82 Å². The number of piperazine rings is 1. The molecule has 2 fully saturated rings. The summed E-state index contributed by atoms with van der Waals surface area (Å²) in [6.45, 7) is 7.10. The normalized spacial score (nSPS) is 14.8. The number of hydrogen-bond acceptors (Lipinski definition) is 11. The summed E-state index contributed by atoms with van der Waals surface area (Å²) in [4.78, 5) is 39.1. The number of halogens is 1. The van der Waals surface area contributed by atoms with Crippen LogP contribution in [-0.4, -0.2) is 117 Å². The number of nitrogens with zero attached hydrogens (tertiary/aromatic N) is 4. The molecule has 1 aliphatic carbocycles. The van der Waals surface area contributed by atoms with Crippen LogP contribution in [0.5, 0.6) is 11.5 Å². The minimum Gasteiger partial charge on any atom is -0.453 e. The predicted molar refractivity (Wildman–Crippen MR) is 195 cm³/mol. The zero-order chi connectivity index (χ0) is 36.1. The van der Waals surface area contributed by atoms with Gasteiger partial charge in [0.25, 0.3) is 0 Å². The number of carbonyl (C=O) groups is 2. The Morgan fingerprint density at radius 1 is 0.885 bits per heavy atom. The fraction of sp³-hybridized carbons (Fsp3) is 0.459. The van der Waals surface area contributed by atoms with Crippen molar-refractivity contribution in [3.8, 4) is 22.1 Å². The van der Waals surface area contributed by atoms with Crippen LogP contribution >= 0.6 is 11.3 Å². The smallest absolute Gasteiger partial charge is 0.319 e. The summed E-state index contributed by atoms with van der Waals surface area (Å²) in [5.74, 6) is 0.0477. The number of fused-ring (bicyclic) bond motifs is 1. The number of anilines is 1. The molecule has 3 aromatic heterocycles. The maximum atomic E-state index is 15.0. The SMILES string of the molecule is COCCOCCOCCOCCC(=O)N1CCN(Cc2ccc(-c3cc4nccc(Oc5ccc(NC(=O)NC6CC6)cc5F)c4s3)nc2)CC1. The van der Waals surface area contributed by atoms with Crippen molar-refractivity contribution < 1.29 is 37.7 Å². The standard InChI is InChI=1S/C37H45FN6O7S/c1-47-16-17-49-20-21-50-19-18-48-15-9-35(45)44-13-11-43(12-14-44)25-26-2-6-30(40-24-26)34-23-31-36(52-34)33(8-10-39-31)51-32-7-5-28(22-29(32)38)42-37(46)41-27-3-4-27/h2,5-8,10,22-24,27H,3-4,9,11-21,25H2,1H3,(H2,41,42,46). The third kappa shape index (κ3) is 11.1. The van der Waals surface area contributed by atoms with Gasteiger partial charge in [-0.2, -0.15) is 0 Å². The van der Waals surface area contributed by atoms with Gasteiger partial charge in [-0.1, -0.05) is 6.07 Å². The fourth-order valence-electron chi connectivity index (χ4n) is 5.56. The van der Waals surface area contributed by atoms with Gasteiger partial charge < -0.3 is 39.2 Å². The lowest BCUT2D eigenvalue weighted by Crippen LogP contribution is -2.48. The zero-order valence-electron chi connectivity index (χ0n) is 29.3. The summed E-state index contributed by atoms with van der Waals surface area (Å²) in [5, 5.41) is 5.47. The molecule has 0 unspecified atom stereocenters. The highest BCUT2D eigenvalue weighted by atomic mass is 32.1. The second-order valence-electron chi connectivity index (χ2n) is 12.5. The lowest BCUT2D eigenvalue weighted by molar-refractivity contribution is -0.134. The summed E-state index contributed by atoms with van der Waals surface area (Å²) < 4.78 is 43.0. The van der Waals surface area contributed by atoms with Crippen LogP contribution in [-0.2, 0) is 30.3 Å². The minimum absolute atomic E-state index is 0.0472. The molecule has 3 amide bonds. The Morgan fingerprint density at radius 2 is 1.63 bits per heavy atom. The second kappa shape index (κ2) is 19.0. The van der Waals surface area contributed by atoms with E-state index in [9.17, 15) is 14.0 Å². The van der Waals surface area contributed by atoms with Gasteiger partial charge in [0.2, 0.25) is 5.91 Å². The molecule has 52 heavy (non-hydrogen) atoms. The van der Waals surface area contributed by atoms with Gasteiger partial charge in [-0.3, -0.25) is 19.7 Å². The van der Waals surface area contributed by atoms with Crippen molar-refractivity contribution in [2.75, 3.05) is 84.9 Å². The van der Waals surface area contributed by atoms with Crippen LogP contribution in [0.25, 0.3) is 20.8 Å². The first-order chi connectivity index (χ1) is 25.4. The zero-order valence-corrected chi connectivity index (χ0v) is 30.1. The summed E-state index contributed by atoms with van der Waals surface area (Å²) >= 11 is 1.47. The number of carbonyl (C=O) groups excluding carboxylic acids is 2. The number of amides is 3. The number of thiophene rings is 1. The van der Waals surface area contributed by atoms with Gasteiger partial charge in [0.1, 0.15) is 5.75 Å². The number of pyridine rings is 2. The first-order valence-corrected chi connectivity index (χ1v) is 18.4. The number of nitrogens with one attached hydrogen (secondary N) is 2. The van der Waals surface area contributed by atoms with Crippen LogP contribution in [0.1, 0.15) is 24.8 Å². The van der Waals surface area contributed by atoms with E-state index in [1.807, 2.05) is 23.2 Å². The molecule has 278 valence electrons. The molecule has 15 heteroatoms. The molecule has 2 N–H and O–H groups in total. The maximum Gasteiger partial charge on any atom is 0.319 e. The van der Waals surface area contributed by atoms with Crippen molar-refractivity contribution in [3.05, 3.63) is 66.2 Å². The van der Waals surface area contributed by atoms with Crippen molar-refractivity contribution in [2.24, 2.45) is 0 Å². The first-order valence-electron chi connectivity index (χ1n) is 17.6. The second-order valence-corrected chi connectivity index (χ2v) is 13.6. The average molecular weight is 737 g/mol. The largest absolute Gasteiger partial charge is 0.453 e. The first kappa shape index (κ1) is 37.5. The minimum atomic E-state index is -0.587. The molecule has 1 saturated carbocycles. The van der Waals surface area contributed by atoms with Crippen molar-refractivity contribution in [3.63, 3.8) is 0 Å². The van der Waals surface area contributed by atoms with Crippen LogP contribution in [0.4, 0.5) is 14.9 Å². The van der Waals surface area contributed by atoms with E-state index in [0.29, 0.717) is 77.2 Å². The molecule has 1 saturated heterocycles. The maximum absolute atomic E-state index is 15.0. The molecule has 6 rings (SSSR count). The van der Waals surface area contributed by atoms with Gasteiger partial charge in [-0.15, -0.1) is 11.3 Å². The molecule has 13 nitrogen and oxygen atoms in total. The number of aromatic nitrogens is 2. The van der Waals surface area contributed by atoms with Gasteiger partial charge in [-0.05, 0) is 42.7 Å². The molecule has 1 aliphatic heterocycles. The summed E-state index contributed by atoms with van der Waals surface area (Å²) in [6, 6.07) is 11.9. The molecule has 1 aromatic carbocycles. The van der Waals surface area contributed by atoms with Crippen molar-refractivity contribution in [1.29, 1.82) is 0 Å². The Balaban J connectivity index is 0.928. The number of hydrogen-bond donors (Lipinski definition) is 2. The molecule has 0 spiro atoms. The van der Waals surface area contributed by atoms with E-state index >= 15 is 0 Å². The monoisotopic (exact) mass is 736 g/mol. The Hall–Kier alpha value is -4.25. The third-order valence-electron chi connectivity index (χ3n) is 8.54. The highest BCUT2D eigenvalue weighted by Crippen LogP contribution is 2.39. The molecule has 4 heterocycles. The molecule has 2 aliphatic rings. The Labute approximate surface area is 306 Å². The highest BCUT2D eigenvalue weighted by molar-refractivity contribution is 7.22. The number of methoxy groups -OCH3 is 1. The Kier molecular flexibility index (Phi) is 13.7. The molecule has 0 radical (unpaired) electrons. The van der Waals surface area contributed by atoms with Crippen LogP contribution in [0, 0.1) is 5.82 Å². The van der Waals surface area contributed by atoms with E-state index in [0.717, 1.165) is 58.8 Å². The number of benzene rings is 1. The Morgan fingerprint density at radius 3 is 2.33 bits per heavy atom. The van der Waals surface area contributed by atoms with Crippen LogP contribution in [0.2, 0.25) is 0 Å². The average Bonchev–Trinajstić information content (AvgIpc) is 3.85. The fourth-order valence-corrected chi connectivity index (χ4v) is 6.60. The van der Waals surface area contributed by atoms with E-state index in [2.05, 4.69) is 26.6 Å². The molecular formula is C37H45FN6O7S. The quantitative estimate of drug-likeness (QED) is 0.122. The molecule has 0 atom stereocenters. The third-order valence-corrected chi connectivity index (χ3v) is 9.70. The molecule has 0 bridgehead atoms. The van der Waals surface area contributed by atoms with Gasteiger partial charge >= 0.3 is 6.03 Å². The van der Waals surface area contributed by atoms with Crippen LogP contribution in [0.3, 0.4) is 0 Å².